The van der Waals surface area contributed by atoms with Gasteiger partial charge in [0.2, 0.25) is 5.91 Å². The molecule has 2 fully saturated rings. The number of anilines is 2. The van der Waals surface area contributed by atoms with Gasteiger partial charge in [-0.05, 0) is 60.5 Å². The molecule has 0 aromatic heterocycles. The Bertz CT molecular complexity index is 1590. The Balaban J connectivity index is 1.39. The van der Waals surface area contributed by atoms with Crippen LogP contribution in [-0.4, -0.2) is 31.0 Å². The van der Waals surface area contributed by atoms with Crippen molar-refractivity contribution in [1.29, 1.82) is 0 Å². The predicted octanol–water partition coefficient (Wildman–Crippen LogP) is 5.27. The fourth-order valence-electron chi connectivity index (χ4n) is 5.29. The number of aryl methyl sites for hydroxylation is 1. The number of nitrogens with zero attached hydrogens (tertiary/aromatic N) is 2. The van der Waals surface area contributed by atoms with E-state index in [4.69, 9.17) is 14.3 Å². The number of esters is 1. The number of ether oxygens (including phenoxy) is 2. The van der Waals surface area contributed by atoms with Gasteiger partial charge in [-0.3, -0.25) is 14.4 Å². The standard InChI is InChI=1S/C32H26N2O6/c1-20-11-9-10-16-24(20)33-30(35)27-28(34(40-29(27)31(33)36)23-14-7-4-8-15-23)22-17-18-25(26(19-22)38-2)39-32(37)21-12-5-3-6-13-21/h3-19,27-29H,1-2H3/t27-,28+,29+/m0/s1. The van der Waals surface area contributed by atoms with Crippen LogP contribution < -0.4 is 19.4 Å². The molecule has 4 aromatic rings. The van der Waals surface area contributed by atoms with Gasteiger partial charge >= 0.3 is 5.97 Å². The summed E-state index contributed by atoms with van der Waals surface area (Å²) in [4.78, 5) is 47.7. The average Bonchev–Trinajstić information content (AvgIpc) is 3.50. The molecule has 6 rings (SSSR count). The summed E-state index contributed by atoms with van der Waals surface area (Å²) in [7, 11) is 1.48. The number of carbonyl (C=O) groups is 3. The second-order valence-corrected chi connectivity index (χ2v) is 9.62. The van der Waals surface area contributed by atoms with Crippen molar-refractivity contribution in [3.8, 4) is 11.5 Å². The molecule has 2 amide bonds. The number of imide groups is 1. The number of amides is 2. The molecule has 0 N–H and O–H groups in total. The Morgan fingerprint density at radius 2 is 1.48 bits per heavy atom. The quantitative estimate of drug-likeness (QED) is 0.189. The molecule has 0 radical (unpaired) electrons. The normalized spacial score (nSPS) is 20.0. The second-order valence-electron chi connectivity index (χ2n) is 9.62. The van der Waals surface area contributed by atoms with Crippen molar-refractivity contribution < 1.29 is 28.7 Å². The van der Waals surface area contributed by atoms with Crippen molar-refractivity contribution in [2.24, 2.45) is 5.92 Å². The lowest BCUT2D eigenvalue weighted by atomic mass is 9.90. The minimum absolute atomic E-state index is 0.234. The van der Waals surface area contributed by atoms with Crippen LogP contribution >= 0.6 is 0 Å². The predicted molar refractivity (Wildman–Crippen MR) is 148 cm³/mol. The molecule has 0 spiro atoms. The highest BCUT2D eigenvalue weighted by molar-refractivity contribution is 6.24. The second kappa shape index (κ2) is 10.3. The molecular formula is C32H26N2O6. The summed E-state index contributed by atoms with van der Waals surface area (Å²) >= 11 is 0. The van der Waals surface area contributed by atoms with Crippen LogP contribution in [-0.2, 0) is 14.4 Å². The van der Waals surface area contributed by atoms with Gasteiger partial charge in [-0.15, -0.1) is 0 Å². The van der Waals surface area contributed by atoms with Crippen molar-refractivity contribution >= 4 is 29.2 Å². The van der Waals surface area contributed by atoms with E-state index in [2.05, 4.69) is 0 Å². The Morgan fingerprint density at radius 1 is 0.800 bits per heavy atom. The smallest absolute Gasteiger partial charge is 0.343 e. The lowest BCUT2D eigenvalue weighted by molar-refractivity contribution is -0.126. The van der Waals surface area contributed by atoms with Crippen LogP contribution in [0.1, 0.15) is 27.5 Å². The molecule has 0 aliphatic carbocycles. The first kappa shape index (κ1) is 25.3. The molecule has 2 saturated heterocycles. The molecule has 8 heteroatoms. The van der Waals surface area contributed by atoms with Gasteiger partial charge in [0.05, 0.1) is 30.1 Å². The van der Waals surface area contributed by atoms with Crippen LogP contribution in [0.25, 0.3) is 0 Å². The first-order valence-electron chi connectivity index (χ1n) is 12.9. The maximum atomic E-state index is 13.9. The zero-order valence-corrected chi connectivity index (χ0v) is 21.9. The number of rotatable bonds is 6. The van der Waals surface area contributed by atoms with E-state index in [1.165, 1.54) is 12.0 Å². The largest absolute Gasteiger partial charge is 0.493 e. The molecule has 0 unspecified atom stereocenters. The van der Waals surface area contributed by atoms with Crippen LogP contribution in [0.4, 0.5) is 11.4 Å². The van der Waals surface area contributed by atoms with Crippen molar-refractivity contribution in [3.63, 3.8) is 0 Å². The van der Waals surface area contributed by atoms with E-state index in [-0.39, 0.29) is 11.7 Å². The Morgan fingerprint density at radius 3 is 2.17 bits per heavy atom. The summed E-state index contributed by atoms with van der Waals surface area (Å²) in [5, 5.41) is 1.62. The third-order valence-corrected chi connectivity index (χ3v) is 7.22. The van der Waals surface area contributed by atoms with Crippen LogP contribution in [0.3, 0.4) is 0 Å². The van der Waals surface area contributed by atoms with Gasteiger partial charge in [0.25, 0.3) is 5.91 Å². The molecule has 2 heterocycles. The summed E-state index contributed by atoms with van der Waals surface area (Å²) in [6.07, 6.45) is -1.00. The van der Waals surface area contributed by atoms with Crippen molar-refractivity contribution in [2.75, 3.05) is 17.1 Å². The van der Waals surface area contributed by atoms with Gasteiger partial charge in [-0.25, -0.2) is 14.8 Å². The summed E-state index contributed by atoms with van der Waals surface area (Å²) in [6, 6.07) is 29.7. The van der Waals surface area contributed by atoms with E-state index in [9.17, 15) is 14.4 Å². The Labute approximate surface area is 231 Å². The lowest BCUT2D eigenvalue weighted by Gasteiger charge is -2.29. The topological polar surface area (TPSA) is 85.4 Å². The molecule has 200 valence electrons. The SMILES string of the molecule is COc1cc([C@@H]2[C@@H]3C(=O)N(c4ccccc4C)C(=O)[C@@H]3ON2c2ccccc2)ccc1OC(=O)c1ccccc1. The monoisotopic (exact) mass is 534 g/mol. The first-order valence-corrected chi connectivity index (χ1v) is 12.9. The number of para-hydroxylation sites is 2. The molecule has 0 bridgehead atoms. The summed E-state index contributed by atoms with van der Waals surface area (Å²) < 4.78 is 11.2. The maximum Gasteiger partial charge on any atom is 0.343 e. The highest BCUT2D eigenvalue weighted by Gasteiger charge is 2.60. The van der Waals surface area contributed by atoms with Crippen molar-refractivity contribution in [1.82, 2.24) is 0 Å². The molecule has 4 aromatic carbocycles. The number of hydrogen-bond donors (Lipinski definition) is 0. The third-order valence-electron chi connectivity index (χ3n) is 7.22. The van der Waals surface area contributed by atoms with Gasteiger partial charge in [0.1, 0.15) is 5.92 Å². The zero-order chi connectivity index (χ0) is 27.8. The van der Waals surface area contributed by atoms with Crippen molar-refractivity contribution in [3.05, 3.63) is 120 Å². The van der Waals surface area contributed by atoms with Crippen LogP contribution in [0.5, 0.6) is 11.5 Å². The average molecular weight is 535 g/mol. The van der Waals surface area contributed by atoms with Gasteiger partial charge in [0.15, 0.2) is 17.6 Å². The molecule has 8 nitrogen and oxygen atoms in total. The summed E-state index contributed by atoms with van der Waals surface area (Å²) in [5.41, 5.74) is 3.12. The zero-order valence-electron chi connectivity index (χ0n) is 21.9. The maximum absolute atomic E-state index is 13.9. The van der Waals surface area contributed by atoms with Gasteiger partial charge < -0.3 is 9.47 Å². The molecule has 2 aliphatic rings. The molecular weight excluding hydrogens is 508 g/mol. The highest BCUT2D eigenvalue weighted by atomic mass is 16.7. The first-order chi connectivity index (χ1) is 19.5. The van der Waals surface area contributed by atoms with E-state index >= 15 is 0 Å². The number of hydrogen-bond acceptors (Lipinski definition) is 7. The minimum atomic E-state index is -1.00. The van der Waals surface area contributed by atoms with E-state index in [1.54, 1.807) is 59.7 Å². The van der Waals surface area contributed by atoms with Crippen LogP contribution in [0.2, 0.25) is 0 Å². The lowest BCUT2D eigenvalue weighted by Crippen LogP contribution is -2.37. The molecule has 2 aliphatic heterocycles. The van der Waals surface area contributed by atoms with E-state index in [0.29, 0.717) is 28.3 Å². The number of benzene rings is 4. The minimum Gasteiger partial charge on any atom is -0.493 e. The van der Waals surface area contributed by atoms with Crippen molar-refractivity contribution in [2.45, 2.75) is 19.1 Å². The highest BCUT2D eigenvalue weighted by Crippen LogP contribution is 2.49. The summed E-state index contributed by atoms with van der Waals surface area (Å²) in [6.45, 7) is 1.86. The molecule has 3 atom stereocenters. The third kappa shape index (κ3) is 4.28. The number of fused-ring (bicyclic) bond motifs is 1. The van der Waals surface area contributed by atoms with Gasteiger partial charge in [-0.1, -0.05) is 60.7 Å². The number of methoxy groups -OCH3 is 1. The van der Waals surface area contributed by atoms with Crippen LogP contribution in [0, 0.1) is 12.8 Å². The molecule has 40 heavy (non-hydrogen) atoms. The van der Waals surface area contributed by atoms with E-state index in [0.717, 1.165) is 5.56 Å². The Kier molecular flexibility index (Phi) is 6.53. The fourth-order valence-corrected chi connectivity index (χ4v) is 5.29. The molecule has 0 saturated carbocycles. The van der Waals surface area contributed by atoms with E-state index in [1.807, 2.05) is 55.5 Å². The van der Waals surface area contributed by atoms with E-state index < -0.39 is 29.9 Å². The fraction of sp³-hybridized carbons (Fsp3) is 0.156. The van der Waals surface area contributed by atoms with Gasteiger partial charge in [-0.2, -0.15) is 0 Å². The van der Waals surface area contributed by atoms with Crippen LogP contribution in [0.15, 0.2) is 103 Å². The summed E-state index contributed by atoms with van der Waals surface area (Å²) in [5.74, 6) is -1.54. The van der Waals surface area contributed by atoms with Gasteiger partial charge in [0, 0.05) is 0 Å². The number of carbonyl (C=O) groups excluding carboxylic acids is 3. The Hall–Kier alpha value is -4.95. The number of hydroxylamine groups is 1.